The molecule has 0 fully saturated rings. The van der Waals surface area contributed by atoms with Crippen molar-refractivity contribution in [1.29, 1.82) is 0 Å². The number of aromatic nitrogens is 2. The lowest BCUT2D eigenvalue weighted by atomic mass is 10.2. The Hall–Kier alpha value is -2.57. The van der Waals surface area contributed by atoms with Gasteiger partial charge >= 0.3 is 18.4 Å². The summed E-state index contributed by atoms with van der Waals surface area (Å²) >= 11 is 3.11. The molecule has 0 aromatic carbocycles. The van der Waals surface area contributed by atoms with Gasteiger partial charge in [-0.05, 0) is 34.1 Å². The molecule has 2 amide bonds. The van der Waals surface area contributed by atoms with Gasteiger partial charge in [0.2, 0.25) is 5.88 Å². The van der Waals surface area contributed by atoms with Crippen molar-refractivity contribution in [2.24, 2.45) is 0 Å². The Labute approximate surface area is 162 Å². The minimum atomic E-state index is -4.89. The number of amides is 2. The number of rotatable bonds is 4. The van der Waals surface area contributed by atoms with Gasteiger partial charge in [-0.3, -0.25) is 10.2 Å². The van der Waals surface area contributed by atoms with E-state index in [-0.39, 0.29) is 0 Å². The Morgan fingerprint density at radius 2 is 1.89 bits per heavy atom. The molecule has 0 saturated carbocycles. The maximum Gasteiger partial charge on any atom is 0.422 e. The van der Waals surface area contributed by atoms with E-state index in [2.05, 4.69) is 36.0 Å². The number of urea groups is 1. The molecular formula is C15H11BrF6N4O2. The van der Waals surface area contributed by atoms with Crippen molar-refractivity contribution in [3.05, 3.63) is 40.6 Å². The number of anilines is 2. The molecule has 0 bridgehead atoms. The van der Waals surface area contributed by atoms with E-state index in [1.54, 1.807) is 0 Å². The van der Waals surface area contributed by atoms with Gasteiger partial charge in [0.15, 0.2) is 6.61 Å². The summed E-state index contributed by atoms with van der Waals surface area (Å²) in [5, 5.41) is 2.08. The Bertz CT molecular complexity index is 842. The maximum atomic E-state index is 13.0. The van der Waals surface area contributed by atoms with Crippen LogP contribution in [0.3, 0.4) is 0 Å². The van der Waals surface area contributed by atoms with Crippen LogP contribution in [-0.4, -0.2) is 35.8 Å². The third-order valence-electron chi connectivity index (χ3n) is 3.15. The summed E-state index contributed by atoms with van der Waals surface area (Å²) in [6.45, 7) is -1.83. The van der Waals surface area contributed by atoms with Crippen LogP contribution >= 0.6 is 15.9 Å². The highest BCUT2D eigenvalue weighted by Crippen LogP contribution is 2.33. The molecule has 0 aliphatic heterocycles. The van der Waals surface area contributed by atoms with Crippen molar-refractivity contribution in [2.45, 2.75) is 12.4 Å². The van der Waals surface area contributed by atoms with Crippen LogP contribution in [0.5, 0.6) is 5.88 Å². The molecule has 13 heteroatoms. The highest BCUT2D eigenvalue weighted by molar-refractivity contribution is 9.10. The number of nitrogens with zero attached hydrogens (tertiary/aromatic N) is 3. The molecule has 2 aromatic heterocycles. The average molecular weight is 473 g/mol. The van der Waals surface area contributed by atoms with Gasteiger partial charge in [0.1, 0.15) is 10.4 Å². The van der Waals surface area contributed by atoms with E-state index in [1.807, 2.05) is 0 Å². The summed E-state index contributed by atoms with van der Waals surface area (Å²) in [4.78, 5) is 20.6. The monoisotopic (exact) mass is 472 g/mol. The van der Waals surface area contributed by atoms with Crippen molar-refractivity contribution in [2.75, 3.05) is 23.9 Å². The van der Waals surface area contributed by atoms with Crippen LogP contribution in [0.1, 0.15) is 5.56 Å². The van der Waals surface area contributed by atoms with Crippen LogP contribution in [0.4, 0.5) is 42.6 Å². The van der Waals surface area contributed by atoms with Crippen LogP contribution in [0, 0.1) is 0 Å². The lowest BCUT2D eigenvalue weighted by Gasteiger charge is -2.18. The second-order valence-electron chi connectivity index (χ2n) is 5.31. The summed E-state index contributed by atoms with van der Waals surface area (Å²) < 4.78 is 80.4. The van der Waals surface area contributed by atoms with Crippen LogP contribution in [-0.2, 0) is 6.18 Å². The van der Waals surface area contributed by atoms with Crippen LogP contribution in [0.25, 0.3) is 0 Å². The quantitative estimate of drug-likeness (QED) is 0.509. The van der Waals surface area contributed by atoms with Crippen molar-refractivity contribution in [1.82, 2.24) is 9.97 Å². The highest BCUT2D eigenvalue weighted by atomic mass is 79.9. The summed E-state index contributed by atoms with van der Waals surface area (Å²) in [5.41, 5.74) is -1.02. The molecule has 1 N–H and O–H groups in total. The van der Waals surface area contributed by atoms with Gasteiger partial charge in [0, 0.05) is 13.1 Å². The van der Waals surface area contributed by atoms with Gasteiger partial charge in [-0.25, -0.2) is 9.78 Å². The molecule has 6 nitrogen and oxygen atoms in total. The summed E-state index contributed by atoms with van der Waals surface area (Å²) in [5.74, 6) is -1.57. The first-order valence-corrected chi connectivity index (χ1v) is 8.09. The van der Waals surface area contributed by atoms with E-state index < -0.39 is 42.3 Å². The molecule has 0 aliphatic rings. The zero-order valence-electron chi connectivity index (χ0n) is 13.9. The molecule has 2 rings (SSSR count). The lowest BCUT2D eigenvalue weighted by molar-refractivity contribution is -0.154. The number of pyridine rings is 2. The zero-order chi connectivity index (χ0) is 21.1. The molecule has 0 radical (unpaired) electrons. The van der Waals surface area contributed by atoms with E-state index in [1.165, 1.54) is 25.4 Å². The third-order valence-corrected chi connectivity index (χ3v) is 3.62. The number of carbonyl (C=O) groups is 1. The summed E-state index contributed by atoms with van der Waals surface area (Å²) in [6.07, 6.45) is -8.34. The molecule has 28 heavy (non-hydrogen) atoms. The molecule has 0 atom stereocenters. The fraction of sp³-hybridized carbons (Fsp3) is 0.267. The number of hydrogen-bond acceptors (Lipinski definition) is 4. The molecule has 2 heterocycles. The maximum absolute atomic E-state index is 13.0. The SMILES string of the molecule is CN(C(=O)Nc1cc(C(F)(F)F)cc(OCC(F)(F)F)n1)c1ccc(Br)nc1. The third kappa shape index (κ3) is 6.25. The van der Waals surface area contributed by atoms with Crippen molar-refractivity contribution in [3.8, 4) is 5.88 Å². The average Bonchev–Trinajstić information content (AvgIpc) is 2.58. The van der Waals surface area contributed by atoms with Gasteiger partial charge in [0.25, 0.3) is 0 Å². The highest BCUT2D eigenvalue weighted by Gasteiger charge is 2.33. The second kappa shape index (κ2) is 8.20. The van der Waals surface area contributed by atoms with E-state index >= 15 is 0 Å². The standard InChI is InChI=1S/C15H11BrF6N4O2/c1-26(9-2-3-10(16)23-6-9)13(27)25-11-4-8(15(20,21)22)5-12(24-11)28-7-14(17,18)19/h2-6H,7H2,1H3,(H,24,25,27). The molecule has 0 saturated heterocycles. The Morgan fingerprint density at radius 1 is 1.21 bits per heavy atom. The van der Waals surface area contributed by atoms with Crippen LogP contribution < -0.4 is 15.0 Å². The van der Waals surface area contributed by atoms with Gasteiger partial charge in [-0.15, -0.1) is 0 Å². The Balaban J connectivity index is 2.25. The lowest BCUT2D eigenvalue weighted by Crippen LogP contribution is -2.31. The number of nitrogens with one attached hydrogen (secondary N) is 1. The molecule has 0 aliphatic carbocycles. The van der Waals surface area contributed by atoms with Crippen LogP contribution in [0.15, 0.2) is 35.1 Å². The number of ether oxygens (including phenoxy) is 1. The normalized spacial score (nSPS) is 11.9. The van der Waals surface area contributed by atoms with Gasteiger partial charge in [-0.1, -0.05) is 0 Å². The van der Waals surface area contributed by atoms with Gasteiger partial charge in [-0.2, -0.15) is 31.3 Å². The van der Waals surface area contributed by atoms with E-state index in [4.69, 9.17) is 0 Å². The fourth-order valence-corrected chi connectivity index (χ4v) is 2.07. The van der Waals surface area contributed by atoms with Crippen molar-refractivity contribution in [3.63, 3.8) is 0 Å². The predicted molar refractivity (Wildman–Crippen MR) is 90.1 cm³/mol. The summed E-state index contributed by atoms with van der Waals surface area (Å²) in [6, 6.07) is 2.94. The minimum Gasteiger partial charge on any atom is -0.468 e. The molecule has 152 valence electrons. The molecule has 0 spiro atoms. The van der Waals surface area contributed by atoms with E-state index in [9.17, 15) is 31.1 Å². The van der Waals surface area contributed by atoms with E-state index in [0.717, 1.165) is 4.90 Å². The van der Waals surface area contributed by atoms with Crippen molar-refractivity contribution < 1.29 is 35.9 Å². The van der Waals surface area contributed by atoms with Gasteiger partial charge < -0.3 is 4.74 Å². The predicted octanol–water partition coefficient (Wildman–Crippen LogP) is 4.87. The van der Waals surface area contributed by atoms with E-state index in [0.29, 0.717) is 22.4 Å². The Kier molecular flexibility index (Phi) is 6.37. The zero-order valence-corrected chi connectivity index (χ0v) is 15.5. The first-order chi connectivity index (χ1) is 12.8. The van der Waals surface area contributed by atoms with Gasteiger partial charge in [0.05, 0.1) is 17.4 Å². The largest absolute Gasteiger partial charge is 0.468 e. The fourth-order valence-electron chi connectivity index (χ4n) is 1.84. The molecular weight excluding hydrogens is 462 g/mol. The van der Waals surface area contributed by atoms with Crippen LogP contribution in [0.2, 0.25) is 0 Å². The van der Waals surface area contributed by atoms with Crippen molar-refractivity contribution >= 4 is 33.5 Å². The molecule has 0 unspecified atom stereocenters. The number of hydrogen-bond donors (Lipinski definition) is 1. The topological polar surface area (TPSA) is 67.4 Å². The molecule has 2 aromatic rings. The Morgan fingerprint density at radius 3 is 2.43 bits per heavy atom. The minimum absolute atomic E-state index is 0.307. The number of alkyl halides is 6. The summed E-state index contributed by atoms with van der Waals surface area (Å²) in [7, 11) is 1.31. The number of carbonyl (C=O) groups excluding carboxylic acids is 1. The smallest absolute Gasteiger partial charge is 0.422 e. The second-order valence-corrected chi connectivity index (χ2v) is 6.12. The first-order valence-electron chi connectivity index (χ1n) is 7.30. The first kappa shape index (κ1) is 21.7. The number of halogens is 7.